The normalized spacial score (nSPS) is 10.1. The maximum Gasteiger partial charge on any atom is 0.0597 e. The van der Waals surface area contributed by atoms with Crippen LogP contribution in [-0.2, 0) is 5.88 Å². The van der Waals surface area contributed by atoms with Crippen molar-refractivity contribution in [3.63, 3.8) is 0 Å². The summed E-state index contributed by atoms with van der Waals surface area (Å²) in [5, 5.41) is 0. The first-order chi connectivity index (χ1) is 6.33. The largest absolute Gasteiger partial charge is 0.371 e. The minimum atomic E-state index is 0.550. The third kappa shape index (κ3) is 2.34. The molecule has 0 amide bonds. The summed E-state index contributed by atoms with van der Waals surface area (Å²) in [5.41, 5.74) is 2.31. The molecule has 1 aromatic heterocycles. The van der Waals surface area contributed by atoms with Crippen molar-refractivity contribution in [3.05, 3.63) is 24.0 Å². The maximum absolute atomic E-state index is 5.84. The third-order valence-electron chi connectivity index (χ3n) is 2.14. The Balaban J connectivity index is 2.96. The van der Waals surface area contributed by atoms with Crippen molar-refractivity contribution in [2.75, 3.05) is 18.0 Å². The van der Waals surface area contributed by atoms with Gasteiger partial charge < -0.3 is 4.90 Å². The van der Waals surface area contributed by atoms with Gasteiger partial charge in [-0.3, -0.25) is 4.98 Å². The second-order valence-electron chi connectivity index (χ2n) is 2.81. The molecule has 0 aliphatic carbocycles. The van der Waals surface area contributed by atoms with Crippen LogP contribution in [-0.4, -0.2) is 18.1 Å². The van der Waals surface area contributed by atoms with E-state index >= 15 is 0 Å². The summed E-state index contributed by atoms with van der Waals surface area (Å²) >= 11 is 5.84. The van der Waals surface area contributed by atoms with Crippen molar-refractivity contribution >= 4 is 17.3 Å². The minimum absolute atomic E-state index is 0.550. The Morgan fingerprint density at radius 1 is 1.38 bits per heavy atom. The van der Waals surface area contributed by atoms with Crippen LogP contribution in [0.5, 0.6) is 0 Å². The maximum atomic E-state index is 5.84. The van der Waals surface area contributed by atoms with Gasteiger partial charge in [-0.2, -0.15) is 0 Å². The fraction of sp³-hybridized carbons (Fsp3) is 0.500. The number of halogens is 1. The summed E-state index contributed by atoms with van der Waals surface area (Å²) in [6.45, 7) is 6.25. The van der Waals surface area contributed by atoms with Crippen molar-refractivity contribution in [3.8, 4) is 0 Å². The molecule has 0 spiro atoms. The number of anilines is 1. The second kappa shape index (κ2) is 5.07. The van der Waals surface area contributed by atoms with Crippen LogP contribution in [0.2, 0.25) is 0 Å². The van der Waals surface area contributed by atoms with Crippen LogP contribution in [0.1, 0.15) is 19.4 Å². The summed E-state index contributed by atoms with van der Waals surface area (Å²) < 4.78 is 0. The molecule has 0 fully saturated rings. The molecule has 1 aromatic rings. The van der Waals surface area contributed by atoms with Gasteiger partial charge in [0.15, 0.2) is 0 Å². The van der Waals surface area contributed by atoms with Crippen LogP contribution in [0.3, 0.4) is 0 Å². The highest BCUT2D eigenvalue weighted by Crippen LogP contribution is 2.20. The molecule has 3 heteroatoms. The highest BCUT2D eigenvalue weighted by atomic mass is 35.5. The monoisotopic (exact) mass is 198 g/mol. The Kier molecular flexibility index (Phi) is 4.03. The predicted octanol–water partition coefficient (Wildman–Crippen LogP) is 2.67. The van der Waals surface area contributed by atoms with Crippen LogP contribution in [0.25, 0.3) is 0 Å². The summed E-state index contributed by atoms with van der Waals surface area (Å²) in [6.07, 6.45) is 3.66. The topological polar surface area (TPSA) is 16.1 Å². The van der Waals surface area contributed by atoms with Crippen LogP contribution < -0.4 is 4.90 Å². The lowest BCUT2D eigenvalue weighted by atomic mass is 10.2. The number of alkyl halides is 1. The van der Waals surface area contributed by atoms with Crippen molar-refractivity contribution in [2.24, 2.45) is 0 Å². The van der Waals surface area contributed by atoms with Gasteiger partial charge in [0.2, 0.25) is 0 Å². The number of aromatic nitrogens is 1. The first-order valence-electron chi connectivity index (χ1n) is 4.57. The summed E-state index contributed by atoms with van der Waals surface area (Å²) in [7, 11) is 0. The van der Waals surface area contributed by atoms with E-state index in [4.69, 9.17) is 11.6 Å². The highest BCUT2D eigenvalue weighted by molar-refractivity contribution is 6.17. The lowest BCUT2D eigenvalue weighted by Crippen LogP contribution is -2.23. The zero-order valence-corrected chi connectivity index (χ0v) is 8.88. The Labute approximate surface area is 84.5 Å². The van der Waals surface area contributed by atoms with Gasteiger partial charge in [-0.15, -0.1) is 11.6 Å². The van der Waals surface area contributed by atoms with E-state index in [1.807, 2.05) is 12.3 Å². The smallest absolute Gasteiger partial charge is 0.0597 e. The van der Waals surface area contributed by atoms with Crippen LogP contribution >= 0.6 is 11.6 Å². The van der Waals surface area contributed by atoms with Gasteiger partial charge in [0.1, 0.15) is 0 Å². The van der Waals surface area contributed by atoms with Crippen molar-refractivity contribution < 1.29 is 0 Å². The zero-order valence-electron chi connectivity index (χ0n) is 8.13. The van der Waals surface area contributed by atoms with Gasteiger partial charge in [-0.25, -0.2) is 0 Å². The Morgan fingerprint density at radius 3 is 2.62 bits per heavy atom. The van der Waals surface area contributed by atoms with E-state index in [0.717, 1.165) is 24.3 Å². The molecule has 0 radical (unpaired) electrons. The molecule has 0 unspecified atom stereocenters. The van der Waals surface area contributed by atoms with E-state index in [0.29, 0.717) is 5.88 Å². The van der Waals surface area contributed by atoms with Crippen LogP contribution in [0, 0.1) is 0 Å². The number of hydrogen-bond donors (Lipinski definition) is 0. The molecule has 1 rings (SSSR count). The van der Waals surface area contributed by atoms with Crippen molar-refractivity contribution in [1.82, 2.24) is 4.98 Å². The first kappa shape index (κ1) is 10.3. The molecule has 0 saturated carbocycles. The van der Waals surface area contributed by atoms with Gasteiger partial charge >= 0.3 is 0 Å². The van der Waals surface area contributed by atoms with Crippen molar-refractivity contribution in [2.45, 2.75) is 19.7 Å². The fourth-order valence-electron chi connectivity index (χ4n) is 1.38. The molecule has 2 nitrogen and oxygen atoms in total. The molecule has 0 saturated heterocycles. The van der Waals surface area contributed by atoms with Gasteiger partial charge in [-0.05, 0) is 25.5 Å². The quantitative estimate of drug-likeness (QED) is 0.692. The molecular weight excluding hydrogens is 184 g/mol. The average molecular weight is 199 g/mol. The molecule has 0 aliphatic rings. The Morgan fingerprint density at radius 2 is 2.08 bits per heavy atom. The number of nitrogens with zero attached hydrogens (tertiary/aromatic N) is 2. The first-order valence-corrected chi connectivity index (χ1v) is 5.10. The summed E-state index contributed by atoms with van der Waals surface area (Å²) in [4.78, 5) is 6.36. The summed E-state index contributed by atoms with van der Waals surface area (Å²) in [6, 6.07) is 1.97. The Hall–Kier alpha value is -0.760. The van der Waals surface area contributed by atoms with Crippen LogP contribution in [0.15, 0.2) is 18.5 Å². The molecule has 13 heavy (non-hydrogen) atoms. The van der Waals surface area contributed by atoms with Gasteiger partial charge in [0, 0.05) is 25.2 Å². The third-order valence-corrected chi connectivity index (χ3v) is 2.42. The Bertz CT molecular complexity index is 259. The number of rotatable bonds is 4. The van der Waals surface area contributed by atoms with Crippen LogP contribution in [0.4, 0.5) is 5.69 Å². The standard InChI is InChI=1S/C10H15ClN2/c1-3-13(4-2)10-8-12-6-5-9(10)7-11/h5-6,8H,3-4,7H2,1-2H3. The fourth-order valence-corrected chi connectivity index (χ4v) is 1.60. The molecule has 0 aromatic carbocycles. The zero-order chi connectivity index (χ0) is 9.68. The molecule has 0 bridgehead atoms. The average Bonchev–Trinajstić information content (AvgIpc) is 2.20. The van der Waals surface area contributed by atoms with E-state index in [1.165, 1.54) is 0 Å². The highest BCUT2D eigenvalue weighted by Gasteiger charge is 2.06. The van der Waals surface area contributed by atoms with Gasteiger partial charge in [0.05, 0.1) is 11.9 Å². The van der Waals surface area contributed by atoms with E-state index < -0.39 is 0 Å². The minimum Gasteiger partial charge on any atom is -0.371 e. The lowest BCUT2D eigenvalue weighted by molar-refractivity contribution is 0.856. The second-order valence-corrected chi connectivity index (χ2v) is 3.08. The predicted molar refractivity (Wildman–Crippen MR) is 57.4 cm³/mol. The van der Waals surface area contributed by atoms with E-state index in [2.05, 4.69) is 23.7 Å². The van der Waals surface area contributed by atoms with Gasteiger partial charge in [-0.1, -0.05) is 0 Å². The SMILES string of the molecule is CCN(CC)c1cnccc1CCl. The molecular formula is C10H15ClN2. The van der Waals surface area contributed by atoms with E-state index in [-0.39, 0.29) is 0 Å². The summed E-state index contributed by atoms with van der Waals surface area (Å²) in [5.74, 6) is 0.550. The molecule has 72 valence electrons. The number of pyridine rings is 1. The molecule has 0 atom stereocenters. The lowest BCUT2D eigenvalue weighted by Gasteiger charge is -2.22. The molecule has 0 N–H and O–H groups in total. The molecule has 1 heterocycles. The van der Waals surface area contributed by atoms with E-state index in [9.17, 15) is 0 Å². The van der Waals surface area contributed by atoms with Crippen molar-refractivity contribution in [1.29, 1.82) is 0 Å². The molecule has 0 aliphatic heterocycles. The van der Waals surface area contributed by atoms with E-state index in [1.54, 1.807) is 6.20 Å². The number of hydrogen-bond acceptors (Lipinski definition) is 2. The van der Waals surface area contributed by atoms with Gasteiger partial charge in [0.25, 0.3) is 0 Å².